The fraction of sp³-hybridized carbons (Fsp3) is 0.286. The lowest BCUT2D eigenvalue weighted by molar-refractivity contribution is 0.398. The molecule has 3 rings (SSSR count). The number of aromatic amines is 1. The van der Waals surface area contributed by atoms with Gasteiger partial charge in [0.15, 0.2) is 11.5 Å². The van der Waals surface area contributed by atoms with Crippen LogP contribution in [0.5, 0.6) is 5.88 Å². The summed E-state index contributed by atoms with van der Waals surface area (Å²) in [6.07, 6.45) is 4.25. The number of ether oxygens (including phenoxy) is 1. The van der Waals surface area contributed by atoms with Crippen molar-refractivity contribution in [3.8, 4) is 17.3 Å². The lowest BCUT2D eigenvalue weighted by atomic mass is 10.3. The molecule has 0 saturated heterocycles. The number of imidazole rings is 1. The number of hydrogen-bond acceptors (Lipinski definition) is 6. The van der Waals surface area contributed by atoms with Crippen LogP contribution in [-0.2, 0) is 0 Å². The van der Waals surface area contributed by atoms with E-state index in [1.165, 1.54) is 6.33 Å². The Morgan fingerprint density at radius 2 is 2.14 bits per heavy atom. The molecule has 0 aliphatic rings. The van der Waals surface area contributed by atoms with Gasteiger partial charge in [0.1, 0.15) is 17.7 Å². The predicted molar refractivity (Wildman–Crippen MR) is 80.2 cm³/mol. The van der Waals surface area contributed by atoms with Crippen LogP contribution < -0.4 is 10.1 Å². The average Bonchev–Trinajstić information content (AvgIpc) is 2.97. The van der Waals surface area contributed by atoms with E-state index in [4.69, 9.17) is 4.74 Å². The average molecular weight is 284 g/mol. The quantitative estimate of drug-likeness (QED) is 0.747. The zero-order chi connectivity index (χ0) is 14.7. The lowest BCUT2D eigenvalue weighted by Gasteiger charge is -2.02. The molecule has 0 aliphatic carbocycles. The van der Waals surface area contributed by atoms with Crippen molar-refractivity contribution in [1.29, 1.82) is 0 Å². The molecule has 0 bridgehead atoms. The summed E-state index contributed by atoms with van der Waals surface area (Å²) in [4.78, 5) is 20.3. The molecule has 7 nitrogen and oxygen atoms in total. The summed E-state index contributed by atoms with van der Waals surface area (Å²) in [7, 11) is 1.59. The highest BCUT2D eigenvalue weighted by Crippen LogP contribution is 2.23. The summed E-state index contributed by atoms with van der Waals surface area (Å²) < 4.78 is 5.05. The van der Waals surface area contributed by atoms with Gasteiger partial charge in [-0.2, -0.15) is 0 Å². The number of nitrogens with zero attached hydrogens (tertiary/aromatic N) is 4. The molecule has 0 radical (unpaired) electrons. The molecular weight excluding hydrogens is 268 g/mol. The van der Waals surface area contributed by atoms with E-state index in [1.54, 1.807) is 19.4 Å². The number of H-pyrrole nitrogens is 1. The molecule has 7 heteroatoms. The Bertz CT molecular complexity index is 737. The molecule has 0 amide bonds. The number of nitrogens with one attached hydrogen (secondary N) is 2. The van der Waals surface area contributed by atoms with E-state index in [2.05, 4.69) is 37.2 Å². The highest BCUT2D eigenvalue weighted by Gasteiger charge is 2.11. The molecule has 0 fully saturated rings. The van der Waals surface area contributed by atoms with Crippen LogP contribution in [0.4, 0.5) is 5.82 Å². The van der Waals surface area contributed by atoms with Crippen molar-refractivity contribution in [3.63, 3.8) is 0 Å². The smallest absolute Gasteiger partial charge is 0.212 e. The zero-order valence-corrected chi connectivity index (χ0v) is 11.9. The van der Waals surface area contributed by atoms with Crippen LogP contribution >= 0.6 is 0 Å². The molecule has 0 aliphatic heterocycles. The van der Waals surface area contributed by atoms with E-state index >= 15 is 0 Å². The molecule has 2 N–H and O–H groups in total. The third kappa shape index (κ3) is 2.62. The monoisotopic (exact) mass is 284 g/mol. The van der Waals surface area contributed by atoms with Crippen molar-refractivity contribution in [2.24, 2.45) is 0 Å². The fourth-order valence-electron chi connectivity index (χ4n) is 1.98. The molecule has 0 unspecified atom stereocenters. The zero-order valence-electron chi connectivity index (χ0n) is 11.9. The number of pyridine rings is 1. The van der Waals surface area contributed by atoms with Gasteiger partial charge in [0, 0.05) is 24.4 Å². The first kappa shape index (κ1) is 13.3. The molecule has 0 spiro atoms. The Hall–Kier alpha value is -2.70. The van der Waals surface area contributed by atoms with Gasteiger partial charge in [-0.1, -0.05) is 6.92 Å². The highest BCUT2D eigenvalue weighted by molar-refractivity contribution is 5.85. The van der Waals surface area contributed by atoms with Crippen molar-refractivity contribution in [3.05, 3.63) is 24.7 Å². The molecule has 3 aromatic heterocycles. The second-order valence-electron chi connectivity index (χ2n) is 4.52. The maximum Gasteiger partial charge on any atom is 0.212 e. The van der Waals surface area contributed by atoms with E-state index in [-0.39, 0.29) is 0 Å². The number of anilines is 1. The first-order valence-electron chi connectivity index (χ1n) is 6.77. The van der Waals surface area contributed by atoms with E-state index in [1.807, 2.05) is 6.07 Å². The van der Waals surface area contributed by atoms with Crippen LogP contribution in [0.3, 0.4) is 0 Å². The largest absolute Gasteiger partial charge is 0.481 e. The van der Waals surface area contributed by atoms with Gasteiger partial charge in [-0.3, -0.25) is 0 Å². The van der Waals surface area contributed by atoms with Gasteiger partial charge in [-0.25, -0.2) is 19.9 Å². The Morgan fingerprint density at radius 3 is 2.86 bits per heavy atom. The molecule has 3 aromatic rings. The van der Waals surface area contributed by atoms with Crippen molar-refractivity contribution in [2.75, 3.05) is 19.0 Å². The van der Waals surface area contributed by atoms with Gasteiger partial charge < -0.3 is 15.0 Å². The lowest BCUT2D eigenvalue weighted by Crippen LogP contribution is -2.02. The van der Waals surface area contributed by atoms with E-state index in [0.717, 1.165) is 29.9 Å². The molecule has 21 heavy (non-hydrogen) atoms. The Balaban J connectivity index is 1.99. The number of aromatic nitrogens is 5. The Labute approximate surface area is 121 Å². The van der Waals surface area contributed by atoms with E-state index < -0.39 is 0 Å². The van der Waals surface area contributed by atoms with Crippen molar-refractivity contribution < 1.29 is 4.74 Å². The molecule has 108 valence electrons. The van der Waals surface area contributed by atoms with Crippen molar-refractivity contribution in [2.45, 2.75) is 13.3 Å². The van der Waals surface area contributed by atoms with Crippen LogP contribution in [0.25, 0.3) is 22.6 Å². The SMILES string of the molecule is CCCNc1ncnc2nc(-c3ccc(OC)nc3)[nH]c12. The Kier molecular flexibility index (Phi) is 3.63. The van der Waals surface area contributed by atoms with Crippen molar-refractivity contribution >= 4 is 17.0 Å². The van der Waals surface area contributed by atoms with Gasteiger partial charge >= 0.3 is 0 Å². The first-order valence-corrected chi connectivity index (χ1v) is 6.77. The van der Waals surface area contributed by atoms with Crippen LogP contribution in [0.2, 0.25) is 0 Å². The first-order chi connectivity index (χ1) is 10.3. The second kappa shape index (κ2) is 5.74. The number of fused-ring (bicyclic) bond motifs is 1. The normalized spacial score (nSPS) is 10.8. The number of methoxy groups -OCH3 is 1. The molecule has 3 heterocycles. The van der Waals surface area contributed by atoms with Gasteiger partial charge in [-0.15, -0.1) is 0 Å². The van der Waals surface area contributed by atoms with Gasteiger partial charge in [0.05, 0.1) is 7.11 Å². The van der Waals surface area contributed by atoms with Gasteiger partial charge in [0.2, 0.25) is 5.88 Å². The summed E-state index contributed by atoms with van der Waals surface area (Å²) in [5.74, 6) is 2.04. The second-order valence-corrected chi connectivity index (χ2v) is 4.52. The van der Waals surface area contributed by atoms with Crippen LogP contribution in [0, 0.1) is 0 Å². The minimum absolute atomic E-state index is 0.569. The molecule has 0 aromatic carbocycles. The number of rotatable bonds is 5. The number of hydrogen-bond donors (Lipinski definition) is 2. The third-order valence-electron chi connectivity index (χ3n) is 3.05. The van der Waals surface area contributed by atoms with Gasteiger partial charge in [-0.05, 0) is 12.5 Å². The predicted octanol–water partition coefficient (Wildman–Crippen LogP) is 2.25. The summed E-state index contributed by atoms with van der Waals surface area (Å²) in [5.41, 5.74) is 2.31. The van der Waals surface area contributed by atoms with Gasteiger partial charge in [0.25, 0.3) is 0 Å². The third-order valence-corrected chi connectivity index (χ3v) is 3.05. The summed E-state index contributed by atoms with van der Waals surface area (Å²) >= 11 is 0. The van der Waals surface area contributed by atoms with E-state index in [9.17, 15) is 0 Å². The highest BCUT2D eigenvalue weighted by atomic mass is 16.5. The minimum atomic E-state index is 0.569. The molecule has 0 atom stereocenters. The summed E-state index contributed by atoms with van der Waals surface area (Å²) in [6.45, 7) is 2.96. The topological polar surface area (TPSA) is 88.6 Å². The fourth-order valence-corrected chi connectivity index (χ4v) is 1.98. The molecule has 0 saturated carbocycles. The molecular formula is C14H16N6O. The van der Waals surface area contributed by atoms with Crippen LogP contribution in [-0.4, -0.2) is 38.6 Å². The van der Waals surface area contributed by atoms with Crippen LogP contribution in [0.15, 0.2) is 24.7 Å². The summed E-state index contributed by atoms with van der Waals surface area (Å²) in [5, 5.41) is 3.26. The maximum absolute atomic E-state index is 5.05. The maximum atomic E-state index is 5.05. The standard InChI is InChI=1S/C14H16N6O/c1-3-6-15-13-11-14(18-8-17-13)20-12(19-11)9-4-5-10(21-2)16-7-9/h4-5,7-8H,3,6H2,1-2H3,(H2,15,17,18,19,20). The minimum Gasteiger partial charge on any atom is -0.481 e. The van der Waals surface area contributed by atoms with Crippen molar-refractivity contribution in [1.82, 2.24) is 24.9 Å². The van der Waals surface area contributed by atoms with E-state index in [0.29, 0.717) is 17.4 Å². The van der Waals surface area contributed by atoms with Crippen LogP contribution in [0.1, 0.15) is 13.3 Å². The Morgan fingerprint density at radius 1 is 1.24 bits per heavy atom. The summed E-state index contributed by atoms with van der Waals surface area (Å²) in [6, 6.07) is 3.70.